The first-order chi connectivity index (χ1) is 9.34. The molecule has 1 aromatic heterocycles. The molecule has 0 spiro atoms. The minimum Gasteiger partial charge on any atom is -0.368 e. The van der Waals surface area contributed by atoms with Crippen LogP contribution in [0.15, 0.2) is 35.2 Å². The highest BCUT2D eigenvalue weighted by Gasteiger charge is 2.07. The normalized spacial score (nSPS) is 11.3. The molecule has 1 heterocycles. The van der Waals surface area contributed by atoms with E-state index in [-0.39, 0.29) is 16.0 Å². The first-order valence-electron chi connectivity index (χ1n) is 5.50. The van der Waals surface area contributed by atoms with Crippen LogP contribution in [0.2, 0.25) is 5.15 Å². The van der Waals surface area contributed by atoms with E-state index in [1.165, 1.54) is 18.2 Å². The van der Waals surface area contributed by atoms with E-state index in [0.29, 0.717) is 12.4 Å². The van der Waals surface area contributed by atoms with E-state index >= 15 is 0 Å². The molecule has 2 rings (SSSR count). The molecule has 7 nitrogen and oxygen atoms in total. The predicted octanol–water partition coefficient (Wildman–Crippen LogP) is 0.972. The monoisotopic (exact) mass is 313 g/mol. The number of nitrogens with one attached hydrogen (secondary N) is 1. The number of benzene rings is 1. The number of aromatic nitrogens is 2. The van der Waals surface area contributed by atoms with Crippen molar-refractivity contribution in [2.75, 3.05) is 11.1 Å². The van der Waals surface area contributed by atoms with Gasteiger partial charge in [-0.2, -0.15) is 4.98 Å². The molecule has 0 amide bonds. The number of halogens is 1. The molecule has 1 aromatic carbocycles. The second-order valence-corrected chi connectivity index (χ2v) is 5.93. The number of primary sulfonamides is 1. The van der Waals surface area contributed by atoms with Crippen LogP contribution in [0.4, 0.5) is 11.8 Å². The average Bonchev–Trinajstić information content (AvgIpc) is 2.35. The van der Waals surface area contributed by atoms with Gasteiger partial charge in [0, 0.05) is 12.6 Å². The highest BCUT2D eigenvalue weighted by Crippen LogP contribution is 2.14. The summed E-state index contributed by atoms with van der Waals surface area (Å²) in [4.78, 5) is 7.77. The Morgan fingerprint density at radius 2 is 1.85 bits per heavy atom. The van der Waals surface area contributed by atoms with Gasteiger partial charge >= 0.3 is 0 Å². The standard InChI is InChI=1S/C11H12ClN5O2S/c12-9-5-10(17-11(13)16-9)15-6-7-1-3-8(4-2-7)20(14,18)19/h1-5H,6H2,(H2,14,18,19)(H3,13,15,16,17). The largest absolute Gasteiger partial charge is 0.368 e. The van der Waals surface area contributed by atoms with Gasteiger partial charge in [0.2, 0.25) is 16.0 Å². The van der Waals surface area contributed by atoms with Gasteiger partial charge in [0.25, 0.3) is 0 Å². The molecule has 0 aliphatic carbocycles. The zero-order chi connectivity index (χ0) is 14.8. The van der Waals surface area contributed by atoms with E-state index in [1.54, 1.807) is 12.1 Å². The van der Waals surface area contributed by atoms with Crippen molar-refractivity contribution in [1.29, 1.82) is 0 Å². The van der Waals surface area contributed by atoms with Crippen molar-refractivity contribution in [2.45, 2.75) is 11.4 Å². The van der Waals surface area contributed by atoms with Gasteiger partial charge in [-0.15, -0.1) is 0 Å². The summed E-state index contributed by atoms with van der Waals surface area (Å²) in [6.07, 6.45) is 0. The molecule has 0 bridgehead atoms. The topological polar surface area (TPSA) is 124 Å². The first-order valence-corrected chi connectivity index (χ1v) is 7.43. The molecule has 106 valence electrons. The summed E-state index contributed by atoms with van der Waals surface area (Å²) in [6, 6.07) is 7.72. The fourth-order valence-electron chi connectivity index (χ4n) is 1.52. The van der Waals surface area contributed by atoms with E-state index in [1.807, 2.05) is 0 Å². The Bertz CT molecular complexity index is 698. The Kier molecular flexibility index (Phi) is 4.07. The second-order valence-electron chi connectivity index (χ2n) is 3.98. The number of nitrogens with zero attached hydrogens (tertiary/aromatic N) is 2. The maximum Gasteiger partial charge on any atom is 0.238 e. The molecular weight excluding hydrogens is 302 g/mol. The Morgan fingerprint density at radius 1 is 1.20 bits per heavy atom. The first kappa shape index (κ1) is 14.5. The van der Waals surface area contributed by atoms with Crippen LogP contribution < -0.4 is 16.2 Å². The van der Waals surface area contributed by atoms with Gasteiger partial charge in [0.1, 0.15) is 11.0 Å². The van der Waals surface area contributed by atoms with E-state index in [0.717, 1.165) is 5.56 Å². The lowest BCUT2D eigenvalue weighted by Crippen LogP contribution is -2.12. The van der Waals surface area contributed by atoms with Crippen LogP contribution in [0.5, 0.6) is 0 Å². The summed E-state index contributed by atoms with van der Waals surface area (Å²) < 4.78 is 22.2. The van der Waals surface area contributed by atoms with Crippen molar-refractivity contribution >= 4 is 33.4 Å². The van der Waals surface area contributed by atoms with Crippen LogP contribution in [0.3, 0.4) is 0 Å². The van der Waals surface area contributed by atoms with Crippen molar-refractivity contribution in [1.82, 2.24) is 9.97 Å². The third-order valence-electron chi connectivity index (χ3n) is 2.44. The van der Waals surface area contributed by atoms with Crippen molar-refractivity contribution in [3.8, 4) is 0 Å². The van der Waals surface area contributed by atoms with Crippen molar-refractivity contribution < 1.29 is 8.42 Å². The Balaban J connectivity index is 2.07. The molecule has 0 saturated heterocycles. The molecule has 0 unspecified atom stereocenters. The zero-order valence-corrected chi connectivity index (χ0v) is 11.8. The quantitative estimate of drug-likeness (QED) is 0.722. The van der Waals surface area contributed by atoms with Crippen molar-refractivity contribution in [2.24, 2.45) is 5.14 Å². The number of sulfonamides is 1. The maximum atomic E-state index is 11.1. The Hall–Kier alpha value is -1.90. The molecule has 0 saturated carbocycles. The fraction of sp³-hybridized carbons (Fsp3) is 0.0909. The summed E-state index contributed by atoms with van der Waals surface area (Å²) in [6.45, 7) is 0.428. The van der Waals surface area contributed by atoms with Crippen LogP contribution in [0.1, 0.15) is 5.56 Å². The highest BCUT2D eigenvalue weighted by atomic mass is 35.5. The highest BCUT2D eigenvalue weighted by molar-refractivity contribution is 7.89. The lowest BCUT2D eigenvalue weighted by molar-refractivity contribution is 0.598. The number of anilines is 2. The molecule has 0 radical (unpaired) electrons. The third-order valence-corrected chi connectivity index (χ3v) is 3.56. The van der Waals surface area contributed by atoms with Crippen LogP contribution in [-0.4, -0.2) is 18.4 Å². The molecule has 9 heteroatoms. The molecule has 20 heavy (non-hydrogen) atoms. The third kappa shape index (κ3) is 3.80. The van der Waals surface area contributed by atoms with Crippen LogP contribution in [0, 0.1) is 0 Å². The van der Waals surface area contributed by atoms with E-state index < -0.39 is 10.0 Å². The summed E-state index contributed by atoms with van der Waals surface area (Å²) in [5.41, 5.74) is 6.32. The Labute approximate surface area is 121 Å². The molecule has 0 fully saturated rings. The van der Waals surface area contributed by atoms with E-state index in [9.17, 15) is 8.42 Å². The van der Waals surface area contributed by atoms with Gasteiger partial charge in [-0.1, -0.05) is 23.7 Å². The number of nitrogens with two attached hydrogens (primary N) is 2. The molecule has 0 aliphatic heterocycles. The molecule has 0 atom stereocenters. The van der Waals surface area contributed by atoms with Crippen LogP contribution >= 0.6 is 11.6 Å². The lowest BCUT2D eigenvalue weighted by Gasteiger charge is -2.07. The van der Waals surface area contributed by atoms with Gasteiger partial charge in [-0.3, -0.25) is 0 Å². The molecule has 0 aliphatic rings. The SMILES string of the molecule is Nc1nc(Cl)cc(NCc2ccc(S(N)(=O)=O)cc2)n1. The van der Waals surface area contributed by atoms with Crippen molar-refractivity contribution in [3.63, 3.8) is 0 Å². The summed E-state index contributed by atoms with van der Waals surface area (Å²) in [5, 5.41) is 8.26. The number of nitrogen functional groups attached to an aromatic ring is 1. The summed E-state index contributed by atoms with van der Waals surface area (Å²) >= 11 is 5.75. The Morgan fingerprint density at radius 3 is 2.40 bits per heavy atom. The van der Waals surface area contributed by atoms with E-state index in [2.05, 4.69) is 15.3 Å². The number of rotatable bonds is 4. The van der Waals surface area contributed by atoms with E-state index in [4.69, 9.17) is 22.5 Å². The molecule has 5 N–H and O–H groups in total. The molecular formula is C11H12ClN5O2S. The summed E-state index contributed by atoms with van der Waals surface area (Å²) in [7, 11) is -3.67. The van der Waals surface area contributed by atoms with Crippen LogP contribution in [0.25, 0.3) is 0 Å². The van der Waals surface area contributed by atoms with Gasteiger partial charge in [-0.05, 0) is 17.7 Å². The number of hydrogen-bond donors (Lipinski definition) is 3. The second kappa shape index (κ2) is 5.61. The van der Waals surface area contributed by atoms with Crippen molar-refractivity contribution in [3.05, 3.63) is 41.0 Å². The lowest BCUT2D eigenvalue weighted by atomic mass is 10.2. The van der Waals surface area contributed by atoms with Gasteiger partial charge in [0.15, 0.2) is 0 Å². The number of hydrogen-bond acceptors (Lipinski definition) is 6. The smallest absolute Gasteiger partial charge is 0.238 e. The predicted molar refractivity (Wildman–Crippen MR) is 76.6 cm³/mol. The van der Waals surface area contributed by atoms with Gasteiger partial charge in [0.05, 0.1) is 4.90 Å². The minimum atomic E-state index is -3.67. The van der Waals surface area contributed by atoms with Gasteiger partial charge in [-0.25, -0.2) is 18.5 Å². The maximum absolute atomic E-state index is 11.1. The van der Waals surface area contributed by atoms with Gasteiger partial charge < -0.3 is 11.1 Å². The minimum absolute atomic E-state index is 0.0653. The zero-order valence-electron chi connectivity index (χ0n) is 10.2. The fourth-order valence-corrected chi connectivity index (χ4v) is 2.22. The average molecular weight is 314 g/mol. The van der Waals surface area contributed by atoms with Crippen LogP contribution in [-0.2, 0) is 16.6 Å². The molecule has 2 aromatic rings. The summed E-state index contributed by atoms with van der Waals surface area (Å²) in [5.74, 6) is 0.558.